The minimum Gasteiger partial charge on any atom is -0.354 e. The van der Waals surface area contributed by atoms with E-state index in [4.69, 9.17) is 0 Å². The molecule has 19 heavy (non-hydrogen) atoms. The standard InChI is InChI=1S/C12H14FN3O.C2H6/c1-14-12(17)10-3-2-9(11(13)16-10)6-8-4-5-15-7-8;1-2/h2-3,6,15H,4-5,7H2,1H3,(H,14,17);1-2H3/b8-6+;. The molecule has 0 aliphatic carbocycles. The first-order valence-electron chi connectivity index (χ1n) is 6.49. The Labute approximate surface area is 113 Å². The van der Waals surface area contributed by atoms with Gasteiger partial charge in [-0.1, -0.05) is 19.4 Å². The predicted molar refractivity (Wildman–Crippen MR) is 74.4 cm³/mol. The lowest BCUT2D eigenvalue weighted by molar-refractivity contribution is 0.0957. The van der Waals surface area contributed by atoms with Crippen molar-refractivity contribution in [2.75, 3.05) is 20.1 Å². The highest BCUT2D eigenvalue weighted by Gasteiger charge is 2.11. The molecule has 0 saturated carbocycles. The number of rotatable bonds is 2. The molecule has 4 nitrogen and oxygen atoms in total. The molecular formula is C14H20FN3O. The Morgan fingerprint density at radius 3 is 2.74 bits per heavy atom. The van der Waals surface area contributed by atoms with E-state index in [1.165, 1.54) is 13.1 Å². The summed E-state index contributed by atoms with van der Waals surface area (Å²) in [6.45, 7) is 5.72. The zero-order valence-electron chi connectivity index (χ0n) is 11.6. The van der Waals surface area contributed by atoms with Gasteiger partial charge in [0.25, 0.3) is 5.91 Å². The van der Waals surface area contributed by atoms with E-state index in [9.17, 15) is 9.18 Å². The first kappa shape index (κ1) is 15.3. The van der Waals surface area contributed by atoms with Crippen LogP contribution in [0.5, 0.6) is 0 Å². The molecule has 104 valence electrons. The first-order valence-corrected chi connectivity index (χ1v) is 6.49. The molecule has 2 rings (SSSR count). The monoisotopic (exact) mass is 265 g/mol. The van der Waals surface area contributed by atoms with Crippen molar-refractivity contribution in [1.29, 1.82) is 0 Å². The fraction of sp³-hybridized carbons (Fsp3) is 0.429. The van der Waals surface area contributed by atoms with Crippen LogP contribution in [0.2, 0.25) is 0 Å². The van der Waals surface area contributed by atoms with Crippen molar-refractivity contribution in [2.24, 2.45) is 0 Å². The second kappa shape index (κ2) is 7.63. The zero-order valence-corrected chi connectivity index (χ0v) is 11.6. The van der Waals surface area contributed by atoms with E-state index in [1.807, 2.05) is 13.8 Å². The Bertz CT molecular complexity index is 464. The normalized spacial score (nSPS) is 15.9. The zero-order chi connectivity index (χ0) is 14.3. The van der Waals surface area contributed by atoms with Crippen molar-refractivity contribution in [3.63, 3.8) is 0 Å². The number of aromatic nitrogens is 1. The lowest BCUT2D eigenvalue weighted by Gasteiger charge is -2.02. The van der Waals surface area contributed by atoms with Crippen molar-refractivity contribution in [3.05, 3.63) is 34.9 Å². The SMILES string of the molecule is CC.CNC(=O)c1ccc(/C=C2\CCNC2)c(F)n1. The molecule has 1 saturated heterocycles. The molecule has 0 unspecified atom stereocenters. The van der Waals surface area contributed by atoms with Gasteiger partial charge >= 0.3 is 0 Å². The largest absolute Gasteiger partial charge is 0.354 e. The van der Waals surface area contributed by atoms with Crippen molar-refractivity contribution in [2.45, 2.75) is 20.3 Å². The van der Waals surface area contributed by atoms with E-state index in [0.29, 0.717) is 5.56 Å². The number of nitrogens with zero attached hydrogens (tertiary/aromatic N) is 1. The molecule has 1 aliphatic rings. The lowest BCUT2D eigenvalue weighted by atomic mass is 10.1. The average molecular weight is 265 g/mol. The molecular weight excluding hydrogens is 245 g/mol. The summed E-state index contributed by atoms with van der Waals surface area (Å²) in [6.07, 6.45) is 2.71. The van der Waals surface area contributed by atoms with Gasteiger partial charge in [0, 0.05) is 19.2 Å². The summed E-state index contributed by atoms with van der Waals surface area (Å²) in [7, 11) is 1.49. The van der Waals surface area contributed by atoms with Crippen molar-refractivity contribution in [1.82, 2.24) is 15.6 Å². The van der Waals surface area contributed by atoms with Crippen LogP contribution in [-0.4, -0.2) is 31.0 Å². The third-order valence-electron chi connectivity index (χ3n) is 2.67. The van der Waals surface area contributed by atoms with E-state index in [-0.39, 0.29) is 11.6 Å². The van der Waals surface area contributed by atoms with Crippen LogP contribution in [0.25, 0.3) is 6.08 Å². The molecule has 1 aromatic heterocycles. The summed E-state index contributed by atoms with van der Waals surface area (Å²) in [5.41, 5.74) is 1.67. The van der Waals surface area contributed by atoms with Gasteiger partial charge < -0.3 is 10.6 Å². The molecule has 2 heterocycles. The second-order valence-electron chi connectivity index (χ2n) is 3.89. The van der Waals surface area contributed by atoms with Gasteiger partial charge in [0.05, 0.1) is 0 Å². The van der Waals surface area contributed by atoms with Gasteiger partial charge in [0.2, 0.25) is 5.95 Å². The van der Waals surface area contributed by atoms with Crippen LogP contribution in [0, 0.1) is 5.95 Å². The third kappa shape index (κ3) is 4.13. The van der Waals surface area contributed by atoms with Crippen LogP contribution in [0.3, 0.4) is 0 Å². The Balaban J connectivity index is 0.000000861. The highest BCUT2D eigenvalue weighted by atomic mass is 19.1. The summed E-state index contributed by atoms with van der Waals surface area (Å²) in [4.78, 5) is 14.9. The summed E-state index contributed by atoms with van der Waals surface area (Å²) < 4.78 is 13.6. The van der Waals surface area contributed by atoms with Crippen LogP contribution in [0.4, 0.5) is 4.39 Å². The molecule has 0 bridgehead atoms. The Morgan fingerprint density at radius 2 is 2.21 bits per heavy atom. The van der Waals surface area contributed by atoms with Gasteiger partial charge in [-0.25, -0.2) is 4.98 Å². The molecule has 0 spiro atoms. The second-order valence-corrected chi connectivity index (χ2v) is 3.89. The summed E-state index contributed by atoms with van der Waals surface area (Å²) >= 11 is 0. The molecule has 2 N–H and O–H groups in total. The molecule has 1 aromatic rings. The van der Waals surface area contributed by atoms with Crippen molar-refractivity contribution in [3.8, 4) is 0 Å². The maximum Gasteiger partial charge on any atom is 0.269 e. The van der Waals surface area contributed by atoms with E-state index in [0.717, 1.165) is 25.1 Å². The molecule has 1 amide bonds. The highest BCUT2D eigenvalue weighted by Crippen LogP contribution is 2.15. The summed E-state index contributed by atoms with van der Waals surface area (Å²) in [5.74, 6) is -0.990. The van der Waals surface area contributed by atoms with Crippen molar-refractivity contribution < 1.29 is 9.18 Å². The number of carbonyl (C=O) groups excluding carboxylic acids is 1. The van der Waals surface area contributed by atoms with Crippen LogP contribution >= 0.6 is 0 Å². The van der Waals surface area contributed by atoms with Gasteiger partial charge in [-0.15, -0.1) is 0 Å². The number of nitrogens with one attached hydrogen (secondary N) is 2. The quantitative estimate of drug-likeness (QED) is 0.804. The van der Waals surface area contributed by atoms with Gasteiger partial charge in [0.1, 0.15) is 5.69 Å². The summed E-state index contributed by atoms with van der Waals surface area (Å²) in [5, 5.41) is 5.58. The Kier molecular flexibility index (Phi) is 6.15. The molecule has 1 fully saturated rings. The van der Waals surface area contributed by atoms with E-state index >= 15 is 0 Å². The number of amides is 1. The Hall–Kier alpha value is -1.75. The minimum atomic E-state index is -0.606. The van der Waals surface area contributed by atoms with Gasteiger partial charge in [-0.05, 0) is 31.2 Å². The number of carbonyl (C=O) groups is 1. The maximum absolute atomic E-state index is 13.6. The molecule has 0 atom stereocenters. The summed E-state index contributed by atoms with van der Waals surface area (Å²) in [6, 6.07) is 3.11. The number of pyridine rings is 1. The molecule has 0 radical (unpaired) electrons. The number of hydrogen-bond acceptors (Lipinski definition) is 3. The van der Waals surface area contributed by atoms with Crippen LogP contribution in [0.1, 0.15) is 36.3 Å². The highest BCUT2D eigenvalue weighted by molar-refractivity contribution is 5.92. The topological polar surface area (TPSA) is 54.0 Å². The number of hydrogen-bond donors (Lipinski definition) is 2. The van der Waals surface area contributed by atoms with Gasteiger partial charge in [0.15, 0.2) is 0 Å². The molecule has 5 heteroatoms. The fourth-order valence-electron chi connectivity index (χ4n) is 1.74. The van der Waals surface area contributed by atoms with Crippen LogP contribution in [0.15, 0.2) is 17.7 Å². The fourth-order valence-corrected chi connectivity index (χ4v) is 1.74. The predicted octanol–water partition coefficient (Wildman–Crippen LogP) is 1.98. The average Bonchev–Trinajstić information content (AvgIpc) is 2.95. The van der Waals surface area contributed by atoms with E-state index in [1.54, 1.807) is 12.1 Å². The smallest absolute Gasteiger partial charge is 0.269 e. The molecule has 0 aromatic carbocycles. The Morgan fingerprint density at radius 1 is 1.47 bits per heavy atom. The van der Waals surface area contributed by atoms with E-state index in [2.05, 4.69) is 15.6 Å². The first-order chi connectivity index (χ1) is 9.20. The van der Waals surface area contributed by atoms with E-state index < -0.39 is 5.95 Å². The van der Waals surface area contributed by atoms with Gasteiger partial charge in [-0.3, -0.25) is 4.79 Å². The molecule has 1 aliphatic heterocycles. The lowest BCUT2D eigenvalue weighted by Crippen LogP contribution is -2.19. The van der Waals surface area contributed by atoms with Gasteiger partial charge in [-0.2, -0.15) is 4.39 Å². The minimum absolute atomic E-state index is 0.0942. The van der Waals surface area contributed by atoms with Crippen LogP contribution in [-0.2, 0) is 0 Å². The van der Waals surface area contributed by atoms with Crippen molar-refractivity contribution >= 4 is 12.0 Å². The number of halogens is 1. The maximum atomic E-state index is 13.6. The third-order valence-corrected chi connectivity index (χ3v) is 2.67. The van der Waals surface area contributed by atoms with Crippen LogP contribution < -0.4 is 10.6 Å².